The molecule has 0 saturated heterocycles. The molecule has 1 aromatic rings. The average Bonchev–Trinajstić information content (AvgIpc) is 2.35. The van der Waals surface area contributed by atoms with Crippen LogP contribution in [0.1, 0.15) is 22.8 Å². The van der Waals surface area contributed by atoms with E-state index in [0.717, 1.165) is 6.29 Å². The smallest absolute Gasteiger partial charge is 0.341 e. The Kier molecular flexibility index (Phi) is 4.46. The van der Waals surface area contributed by atoms with Crippen molar-refractivity contribution in [2.45, 2.75) is 13.3 Å². The van der Waals surface area contributed by atoms with E-state index in [1.54, 1.807) is 25.1 Å². The molecule has 0 fully saturated rings. The lowest BCUT2D eigenvalue weighted by Crippen LogP contribution is -2.05. The minimum atomic E-state index is -0.588. The zero-order valence-electron chi connectivity index (χ0n) is 9.77. The first-order chi connectivity index (χ1) is 8.10. The van der Waals surface area contributed by atoms with E-state index < -0.39 is 5.97 Å². The van der Waals surface area contributed by atoms with E-state index in [1.165, 1.54) is 13.2 Å². The lowest BCUT2D eigenvalue weighted by molar-refractivity contribution is -0.104. The molecule has 0 aliphatic rings. The fraction of sp³-hybridized carbons (Fsp3) is 0.231. The summed E-state index contributed by atoms with van der Waals surface area (Å²) in [6, 6.07) is 4.77. The fourth-order valence-corrected chi connectivity index (χ4v) is 1.41. The van der Waals surface area contributed by atoms with Crippen molar-refractivity contribution in [3.8, 4) is 5.75 Å². The van der Waals surface area contributed by atoms with Gasteiger partial charge in [-0.25, -0.2) is 4.79 Å². The summed E-state index contributed by atoms with van der Waals surface area (Å²) in [6.45, 7) is 1.67. The van der Waals surface area contributed by atoms with Crippen LogP contribution in [0.15, 0.2) is 29.8 Å². The first-order valence-corrected chi connectivity index (χ1v) is 5.11. The predicted octanol–water partition coefficient (Wildman–Crippen LogP) is 1.87. The van der Waals surface area contributed by atoms with Crippen molar-refractivity contribution in [3.63, 3.8) is 0 Å². The highest BCUT2D eigenvalue weighted by Gasteiger charge is 2.15. The molecule has 0 radical (unpaired) electrons. The largest absolute Gasteiger partial charge is 0.507 e. The van der Waals surface area contributed by atoms with Crippen molar-refractivity contribution in [3.05, 3.63) is 41.0 Å². The van der Waals surface area contributed by atoms with Crippen molar-refractivity contribution < 1.29 is 19.4 Å². The van der Waals surface area contributed by atoms with Crippen molar-refractivity contribution in [1.82, 2.24) is 0 Å². The quantitative estimate of drug-likeness (QED) is 0.490. The summed E-state index contributed by atoms with van der Waals surface area (Å²) in [7, 11) is 1.26. The Labute approximate surface area is 99.5 Å². The van der Waals surface area contributed by atoms with E-state index in [4.69, 9.17) is 0 Å². The predicted molar refractivity (Wildman–Crippen MR) is 63.0 cm³/mol. The van der Waals surface area contributed by atoms with Gasteiger partial charge >= 0.3 is 5.97 Å². The minimum absolute atomic E-state index is 0.119. The Balaban J connectivity index is 3.11. The molecule has 0 atom stereocenters. The van der Waals surface area contributed by atoms with Crippen LogP contribution in [-0.2, 0) is 16.0 Å². The SMILES string of the molecule is COC(=O)c1c(O)cccc1C/C=C(/C)C=O. The van der Waals surface area contributed by atoms with Crippen LogP contribution in [0.4, 0.5) is 0 Å². The number of hydrogen-bond donors (Lipinski definition) is 1. The maximum atomic E-state index is 11.5. The van der Waals surface area contributed by atoms with Gasteiger partial charge in [0.1, 0.15) is 17.6 Å². The van der Waals surface area contributed by atoms with Gasteiger partial charge in [0, 0.05) is 0 Å². The average molecular weight is 234 g/mol. The molecule has 0 spiro atoms. The molecule has 1 aromatic carbocycles. The number of methoxy groups -OCH3 is 1. The number of esters is 1. The van der Waals surface area contributed by atoms with Gasteiger partial charge in [0.25, 0.3) is 0 Å². The maximum Gasteiger partial charge on any atom is 0.341 e. The van der Waals surface area contributed by atoms with Gasteiger partial charge in [0.05, 0.1) is 7.11 Å². The molecule has 0 saturated carbocycles. The first-order valence-electron chi connectivity index (χ1n) is 5.11. The van der Waals surface area contributed by atoms with Crippen molar-refractivity contribution in [2.24, 2.45) is 0 Å². The molecule has 4 nitrogen and oxygen atoms in total. The normalized spacial score (nSPS) is 11.1. The van der Waals surface area contributed by atoms with Crippen LogP contribution >= 0.6 is 0 Å². The van der Waals surface area contributed by atoms with Gasteiger partial charge < -0.3 is 9.84 Å². The number of aromatic hydroxyl groups is 1. The highest BCUT2D eigenvalue weighted by atomic mass is 16.5. The van der Waals surface area contributed by atoms with Crippen molar-refractivity contribution in [1.29, 1.82) is 0 Å². The fourth-order valence-electron chi connectivity index (χ4n) is 1.41. The molecular formula is C13H14O4. The van der Waals surface area contributed by atoms with Gasteiger partial charge in [-0.15, -0.1) is 0 Å². The highest BCUT2D eigenvalue weighted by molar-refractivity contribution is 5.94. The number of phenols is 1. The molecule has 0 amide bonds. The molecule has 0 aromatic heterocycles. The minimum Gasteiger partial charge on any atom is -0.507 e. The van der Waals surface area contributed by atoms with Gasteiger partial charge in [0.2, 0.25) is 0 Å². The molecule has 0 aliphatic carbocycles. The Hall–Kier alpha value is -2.10. The van der Waals surface area contributed by atoms with Crippen molar-refractivity contribution in [2.75, 3.05) is 7.11 Å². The number of phenolic OH excluding ortho intramolecular Hbond substituents is 1. The molecule has 0 heterocycles. The van der Waals surface area contributed by atoms with Crippen LogP contribution in [0.3, 0.4) is 0 Å². The Morgan fingerprint density at radius 2 is 2.18 bits per heavy atom. The Morgan fingerprint density at radius 1 is 1.47 bits per heavy atom. The van der Waals surface area contributed by atoms with Gasteiger partial charge in [-0.05, 0) is 30.5 Å². The topological polar surface area (TPSA) is 63.6 Å². The summed E-state index contributed by atoms with van der Waals surface area (Å²) >= 11 is 0. The highest BCUT2D eigenvalue weighted by Crippen LogP contribution is 2.22. The summed E-state index contributed by atoms with van der Waals surface area (Å²) in [6.07, 6.45) is 2.82. The standard InChI is InChI=1S/C13H14O4/c1-9(8-14)6-7-10-4-3-5-11(15)12(10)13(16)17-2/h3-6,8,15H,7H2,1-2H3/b9-6-. The molecule has 0 bridgehead atoms. The Bertz CT molecular complexity index is 460. The van der Waals surface area contributed by atoms with Gasteiger partial charge in [0.15, 0.2) is 0 Å². The number of carbonyl (C=O) groups excluding carboxylic acids is 2. The number of benzene rings is 1. The van der Waals surface area contributed by atoms with Crippen LogP contribution in [0.2, 0.25) is 0 Å². The maximum absolute atomic E-state index is 11.5. The van der Waals surface area contributed by atoms with Crippen LogP contribution in [-0.4, -0.2) is 24.5 Å². The third-order valence-corrected chi connectivity index (χ3v) is 2.35. The summed E-state index contributed by atoms with van der Waals surface area (Å²) in [4.78, 5) is 22.0. The second-order valence-corrected chi connectivity index (χ2v) is 3.57. The van der Waals surface area contributed by atoms with E-state index >= 15 is 0 Å². The molecular weight excluding hydrogens is 220 g/mol. The zero-order valence-corrected chi connectivity index (χ0v) is 9.77. The molecule has 0 unspecified atom stereocenters. The van der Waals surface area contributed by atoms with E-state index in [-0.39, 0.29) is 11.3 Å². The lowest BCUT2D eigenvalue weighted by atomic mass is 10.0. The second-order valence-electron chi connectivity index (χ2n) is 3.57. The van der Waals surface area contributed by atoms with E-state index in [0.29, 0.717) is 17.6 Å². The molecule has 17 heavy (non-hydrogen) atoms. The Morgan fingerprint density at radius 3 is 2.76 bits per heavy atom. The second kappa shape index (κ2) is 5.84. The molecule has 1 rings (SSSR count). The third kappa shape index (κ3) is 3.17. The molecule has 90 valence electrons. The number of carbonyl (C=O) groups is 2. The van der Waals surface area contributed by atoms with Crippen LogP contribution in [0.25, 0.3) is 0 Å². The zero-order chi connectivity index (χ0) is 12.8. The van der Waals surface area contributed by atoms with E-state index in [2.05, 4.69) is 4.74 Å². The first kappa shape index (κ1) is 13.0. The summed E-state index contributed by atoms with van der Waals surface area (Å²) < 4.78 is 4.60. The molecule has 1 N–H and O–H groups in total. The summed E-state index contributed by atoms with van der Waals surface area (Å²) in [5, 5.41) is 9.62. The van der Waals surface area contributed by atoms with Crippen LogP contribution in [0, 0.1) is 0 Å². The number of hydrogen-bond acceptors (Lipinski definition) is 4. The van der Waals surface area contributed by atoms with E-state index in [9.17, 15) is 14.7 Å². The number of aldehydes is 1. The van der Waals surface area contributed by atoms with Gasteiger partial charge in [-0.3, -0.25) is 4.79 Å². The lowest BCUT2D eigenvalue weighted by Gasteiger charge is -2.07. The summed E-state index contributed by atoms with van der Waals surface area (Å²) in [5.41, 5.74) is 1.34. The number of ether oxygens (including phenoxy) is 1. The van der Waals surface area contributed by atoms with Gasteiger partial charge in [-0.2, -0.15) is 0 Å². The monoisotopic (exact) mass is 234 g/mol. The number of allylic oxidation sites excluding steroid dienone is 2. The van der Waals surface area contributed by atoms with Crippen LogP contribution in [0.5, 0.6) is 5.75 Å². The molecule has 0 aliphatic heterocycles. The van der Waals surface area contributed by atoms with E-state index in [1.807, 2.05) is 0 Å². The number of rotatable bonds is 4. The van der Waals surface area contributed by atoms with Crippen LogP contribution < -0.4 is 0 Å². The van der Waals surface area contributed by atoms with Gasteiger partial charge in [-0.1, -0.05) is 18.2 Å². The van der Waals surface area contributed by atoms with Crippen molar-refractivity contribution >= 4 is 12.3 Å². The third-order valence-electron chi connectivity index (χ3n) is 2.35. The molecule has 4 heteroatoms. The summed E-state index contributed by atoms with van der Waals surface area (Å²) in [5.74, 6) is -0.707.